The zero-order chi connectivity index (χ0) is 14.9. The van der Waals surface area contributed by atoms with E-state index in [9.17, 15) is 4.79 Å². The Balaban J connectivity index is 1.64. The second-order valence-corrected chi connectivity index (χ2v) is 8.25. The minimum absolute atomic E-state index is 0.177. The lowest BCUT2D eigenvalue weighted by Gasteiger charge is -2.11. The van der Waals surface area contributed by atoms with Crippen molar-refractivity contribution in [1.82, 2.24) is 9.97 Å². The molecule has 1 aliphatic carbocycles. The number of aromatic nitrogens is 2. The molecule has 3 aromatic rings. The molecule has 0 unspecified atom stereocenters. The molecule has 3 nitrogen and oxygen atoms in total. The van der Waals surface area contributed by atoms with Crippen molar-refractivity contribution in [2.24, 2.45) is 0 Å². The van der Waals surface area contributed by atoms with Gasteiger partial charge in [0, 0.05) is 10.3 Å². The number of hydrogen-bond donors (Lipinski definition) is 0. The van der Waals surface area contributed by atoms with E-state index in [0.29, 0.717) is 5.75 Å². The molecule has 0 N–H and O–H groups in total. The van der Waals surface area contributed by atoms with Crippen molar-refractivity contribution < 1.29 is 4.79 Å². The van der Waals surface area contributed by atoms with E-state index >= 15 is 0 Å². The SMILES string of the molecule is O=C(CSc1ncnc2sc3c(c12)CCCC3)c1cccs1. The van der Waals surface area contributed by atoms with E-state index in [4.69, 9.17) is 0 Å². The summed E-state index contributed by atoms with van der Waals surface area (Å²) in [5, 5.41) is 4.11. The predicted molar refractivity (Wildman–Crippen MR) is 93.4 cm³/mol. The van der Waals surface area contributed by atoms with E-state index < -0.39 is 0 Å². The van der Waals surface area contributed by atoms with Crippen LogP contribution in [0.25, 0.3) is 10.2 Å². The van der Waals surface area contributed by atoms with Gasteiger partial charge in [0.25, 0.3) is 0 Å². The van der Waals surface area contributed by atoms with E-state index in [-0.39, 0.29) is 5.78 Å². The highest BCUT2D eigenvalue weighted by molar-refractivity contribution is 8.00. The van der Waals surface area contributed by atoms with E-state index in [1.54, 1.807) is 29.4 Å². The average Bonchev–Trinajstić information content (AvgIpc) is 3.19. The molecule has 22 heavy (non-hydrogen) atoms. The molecule has 0 amide bonds. The summed E-state index contributed by atoms with van der Waals surface area (Å²) in [5.74, 6) is 0.618. The molecule has 112 valence electrons. The van der Waals surface area contributed by atoms with Crippen molar-refractivity contribution >= 4 is 50.4 Å². The summed E-state index contributed by atoms with van der Waals surface area (Å²) in [5.41, 5.74) is 1.43. The van der Waals surface area contributed by atoms with Crippen molar-refractivity contribution in [3.63, 3.8) is 0 Å². The second kappa shape index (κ2) is 6.10. The van der Waals surface area contributed by atoms with Crippen LogP contribution in [0.3, 0.4) is 0 Å². The van der Waals surface area contributed by atoms with Gasteiger partial charge in [0.15, 0.2) is 5.78 Å². The van der Waals surface area contributed by atoms with E-state index in [1.165, 1.54) is 40.0 Å². The number of thiophene rings is 2. The maximum Gasteiger partial charge on any atom is 0.183 e. The zero-order valence-electron chi connectivity index (χ0n) is 11.9. The predicted octanol–water partition coefficient (Wildman–Crippen LogP) is 4.61. The number of carbonyl (C=O) groups is 1. The third-order valence-corrected chi connectivity index (χ3v) is 6.95. The lowest BCUT2D eigenvalue weighted by Crippen LogP contribution is -2.01. The number of carbonyl (C=O) groups excluding carboxylic acids is 1. The first-order valence-corrected chi connectivity index (χ1v) is 9.96. The van der Waals surface area contributed by atoms with Gasteiger partial charge >= 0.3 is 0 Å². The summed E-state index contributed by atoms with van der Waals surface area (Å²) < 4.78 is 0. The number of hydrogen-bond acceptors (Lipinski definition) is 6. The number of Topliss-reactive ketones (excluding diaryl/α,β-unsaturated/α-hetero) is 1. The molecule has 6 heteroatoms. The summed E-state index contributed by atoms with van der Waals surface area (Å²) in [6, 6.07) is 3.80. The molecule has 3 heterocycles. The monoisotopic (exact) mass is 346 g/mol. The number of fused-ring (bicyclic) bond motifs is 3. The van der Waals surface area contributed by atoms with Crippen LogP contribution < -0.4 is 0 Å². The fourth-order valence-electron chi connectivity index (χ4n) is 2.81. The van der Waals surface area contributed by atoms with Gasteiger partial charge < -0.3 is 0 Å². The average molecular weight is 347 g/mol. The molecule has 0 aromatic carbocycles. The van der Waals surface area contributed by atoms with E-state index in [0.717, 1.165) is 27.6 Å². The van der Waals surface area contributed by atoms with Crippen LogP contribution in [0.4, 0.5) is 0 Å². The van der Waals surface area contributed by atoms with Gasteiger partial charge in [-0.05, 0) is 42.7 Å². The molecule has 0 saturated carbocycles. The first-order chi connectivity index (χ1) is 10.8. The van der Waals surface area contributed by atoms with Gasteiger partial charge in [-0.3, -0.25) is 4.79 Å². The number of thioether (sulfide) groups is 1. The van der Waals surface area contributed by atoms with Gasteiger partial charge in [-0.1, -0.05) is 17.8 Å². The van der Waals surface area contributed by atoms with Crippen LogP contribution in [0.1, 0.15) is 33.0 Å². The molecule has 3 aromatic heterocycles. The van der Waals surface area contributed by atoms with E-state index in [1.807, 2.05) is 17.5 Å². The summed E-state index contributed by atoms with van der Waals surface area (Å²) >= 11 is 4.85. The first kappa shape index (κ1) is 14.4. The number of ketones is 1. The van der Waals surface area contributed by atoms with E-state index in [2.05, 4.69) is 9.97 Å². The van der Waals surface area contributed by atoms with Crippen molar-refractivity contribution in [2.45, 2.75) is 30.7 Å². The Hall–Kier alpha value is -1.24. The highest BCUT2D eigenvalue weighted by atomic mass is 32.2. The number of aryl methyl sites for hydroxylation is 2. The maximum absolute atomic E-state index is 12.2. The fraction of sp³-hybridized carbons (Fsp3) is 0.312. The minimum Gasteiger partial charge on any atom is -0.292 e. The van der Waals surface area contributed by atoms with Gasteiger partial charge in [0.05, 0.1) is 10.6 Å². The lowest BCUT2D eigenvalue weighted by molar-refractivity contribution is 0.102. The Bertz CT molecular complexity index is 823. The molecule has 0 bridgehead atoms. The van der Waals surface area contributed by atoms with Gasteiger partial charge in [0.2, 0.25) is 0 Å². The highest BCUT2D eigenvalue weighted by Gasteiger charge is 2.20. The Morgan fingerprint density at radius 3 is 3.05 bits per heavy atom. The standard InChI is InChI=1S/C16H14N2OS3/c19-11(13-6-3-7-20-13)8-21-15-14-10-4-1-2-5-12(10)22-16(14)18-9-17-15/h3,6-7,9H,1-2,4-5,8H2. The quantitative estimate of drug-likeness (QED) is 0.393. The third-order valence-electron chi connectivity index (χ3n) is 3.85. The largest absolute Gasteiger partial charge is 0.292 e. The van der Waals surface area contributed by atoms with Crippen molar-refractivity contribution in [1.29, 1.82) is 0 Å². The third kappa shape index (κ3) is 2.59. The van der Waals surface area contributed by atoms with Crippen LogP contribution in [-0.2, 0) is 12.8 Å². The molecule has 4 rings (SSSR count). The van der Waals surface area contributed by atoms with Crippen LogP contribution in [-0.4, -0.2) is 21.5 Å². The topological polar surface area (TPSA) is 42.9 Å². The Morgan fingerprint density at radius 2 is 2.18 bits per heavy atom. The van der Waals surface area contributed by atoms with Gasteiger partial charge in [-0.2, -0.15) is 0 Å². The summed E-state index contributed by atoms with van der Waals surface area (Å²) in [6.45, 7) is 0. The molecular weight excluding hydrogens is 332 g/mol. The van der Waals surface area contributed by atoms with Crippen LogP contribution in [0, 0.1) is 0 Å². The van der Waals surface area contributed by atoms with Crippen molar-refractivity contribution in [3.05, 3.63) is 39.2 Å². The highest BCUT2D eigenvalue weighted by Crippen LogP contribution is 2.39. The van der Waals surface area contributed by atoms with Gasteiger partial charge in [-0.25, -0.2) is 9.97 Å². The normalized spacial score (nSPS) is 14.2. The molecule has 0 aliphatic heterocycles. The van der Waals surface area contributed by atoms with Crippen LogP contribution in [0.2, 0.25) is 0 Å². The van der Waals surface area contributed by atoms with Gasteiger partial charge in [0.1, 0.15) is 16.2 Å². The first-order valence-electron chi connectivity index (χ1n) is 7.27. The van der Waals surface area contributed by atoms with Crippen molar-refractivity contribution in [2.75, 3.05) is 5.75 Å². The van der Waals surface area contributed by atoms with Crippen molar-refractivity contribution in [3.8, 4) is 0 Å². The summed E-state index contributed by atoms with van der Waals surface area (Å²) in [4.78, 5) is 24.4. The smallest absolute Gasteiger partial charge is 0.183 e. The van der Waals surface area contributed by atoms with Crippen LogP contribution >= 0.6 is 34.4 Å². The number of rotatable bonds is 4. The summed E-state index contributed by atoms with van der Waals surface area (Å²) in [7, 11) is 0. The second-order valence-electron chi connectivity index (χ2n) is 5.26. The van der Waals surface area contributed by atoms with Crippen LogP contribution in [0.5, 0.6) is 0 Å². The summed E-state index contributed by atoms with van der Waals surface area (Å²) in [6.07, 6.45) is 6.42. The fourth-order valence-corrected chi connectivity index (χ4v) is 5.77. The Labute approximate surface area is 140 Å². The van der Waals surface area contributed by atoms with Crippen LogP contribution in [0.15, 0.2) is 28.9 Å². The van der Waals surface area contributed by atoms with Gasteiger partial charge in [-0.15, -0.1) is 22.7 Å². The molecule has 0 radical (unpaired) electrons. The molecule has 0 atom stereocenters. The minimum atomic E-state index is 0.177. The molecule has 0 fully saturated rings. The molecule has 1 aliphatic rings. The Morgan fingerprint density at radius 1 is 1.27 bits per heavy atom. The zero-order valence-corrected chi connectivity index (χ0v) is 14.3. The number of nitrogens with zero attached hydrogens (tertiary/aromatic N) is 2. The molecular formula is C16H14N2OS3. The molecule has 0 spiro atoms. The maximum atomic E-state index is 12.2. The lowest BCUT2D eigenvalue weighted by atomic mass is 9.97. The Kier molecular flexibility index (Phi) is 3.98. The molecule has 0 saturated heterocycles.